The molecule has 1 saturated heterocycles. The van der Waals surface area contributed by atoms with Crippen LogP contribution in [-0.4, -0.2) is 23.3 Å². The highest BCUT2D eigenvalue weighted by Crippen LogP contribution is 2.36. The topological polar surface area (TPSA) is 64.5 Å². The van der Waals surface area contributed by atoms with Gasteiger partial charge >= 0.3 is 12.9 Å². The van der Waals surface area contributed by atoms with E-state index in [1.54, 1.807) is 0 Å². The van der Waals surface area contributed by atoms with E-state index in [4.69, 9.17) is 13.7 Å². The van der Waals surface area contributed by atoms with Crippen molar-refractivity contribution in [3.8, 4) is 0 Å². The summed E-state index contributed by atoms with van der Waals surface area (Å²) in [4.78, 5) is 13.6. The summed E-state index contributed by atoms with van der Waals surface area (Å²) in [6, 6.07) is 2.77. The molecule has 2 heterocycles. The van der Waals surface area contributed by atoms with Gasteiger partial charge in [0.05, 0.1) is 11.2 Å². The highest BCUT2D eigenvalue weighted by molar-refractivity contribution is 6.64. The van der Waals surface area contributed by atoms with Gasteiger partial charge in [-0.1, -0.05) is 6.07 Å². The Kier molecular flexibility index (Phi) is 2.65. The molecule has 1 N–H and O–H groups in total. The highest BCUT2D eigenvalue weighted by atomic mass is 19.1. The molecule has 0 radical (unpaired) electrons. The second-order valence-electron chi connectivity index (χ2n) is 5.94. The number of benzene rings is 1. The maximum atomic E-state index is 13.7. The molecule has 106 valence electrons. The van der Waals surface area contributed by atoms with Gasteiger partial charge in [0.15, 0.2) is 11.4 Å². The van der Waals surface area contributed by atoms with Crippen molar-refractivity contribution in [3.63, 3.8) is 0 Å². The van der Waals surface area contributed by atoms with Gasteiger partial charge in [-0.3, -0.25) is 4.98 Å². The van der Waals surface area contributed by atoms with E-state index in [-0.39, 0.29) is 11.1 Å². The predicted molar refractivity (Wildman–Crippen MR) is 72.5 cm³/mol. The number of oxazole rings is 1. The van der Waals surface area contributed by atoms with Crippen LogP contribution in [0.1, 0.15) is 27.7 Å². The summed E-state index contributed by atoms with van der Waals surface area (Å²) < 4.78 is 30.4. The van der Waals surface area contributed by atoms with Gasteiger partial charge in [-0.05, 0) is 33.8 Å². The van der Waals surface area contributed by atoms with Crippen LogP contribution in [0.3, 0.4) is 0 Å². The molecular weight excluding hydrogens is 264 g/mol. The molecule has 0 spiro atoms. The number of hydrogen-bond donors (Lipinski definition) is 1. The lowest BCUT2D eigenvalue weighted by Gasteiger charge is -2.32. The maximum Gasteiger partial charge on any atom is 0.498 e. The van der Waals surface area contributed by atoms with Crippen LogP contribution in [0.25, 0.3) is 11.1 Å². The summed E-state index contributed by atoms with van der Waals surface area (Å²) in [6.07, 6.45) is 0. The minimum absolute atomic E-state index is 0.0298. The number of hydrogen-bond acceptors (Lipinski definition) is 4. The Bertz CT molecular complexity index is 718. The minimum Gasteiger partial charge on any atom is -0.408 e. The van der Waals surface area contributed by atoms with E-state index in [0.717, 1.165) is 0 Å². The molecule has 20 heavy (non-hydrogen) atoms. The molecular formula is C13H15BFNO4. The first-order valence-corrected chi connectivity index (χ1v) is 6.38. The third-order valence-corrected chi connectivity index (χ3v) is 4.07. The molecule has 2 aromatic rings. The maximum absolute atomic E-state index is 13.7. The van der Waals surface area contributed by atoms with Gasteiger partial charge in [0, 0.05) is 5.46 Å². The van der Waals surface area contributed by atoms with E-state index < -0.39 is 29.9 Å². The van der Waals surface area contributed by atoms with Crippen LogP contribution < -0.4 is 11.2 Å². The number of rotatable bonds is 1. The number of nitrogens with one attached hydrogen (secondary N) is 1. The summed E-state index contributed by atoms with van der Waals surface area (Å²) in [6.45, 7) is 7.67. The number of halogens is 1. The van der Waals surface area contributed by atoms with E-state index in [9.17, 15) is 9.18 Å². The summed E-state index contributed by atoms with van der Waals surface area (Å²) >= 11 is 0. The van der Waals surface area contributed by atoms with Crippen molar-refractivity contribution in [3.05, 3.63) is 28.5 Å². The monoisotopic (exact) mass is 279 g/mol. The van der Waals surface area contributed by atoms with E-state index in [2.05, 4.69) is 4.98 Å². The summed E-state index contributed by atoms with van der Waals surface area (Å²) in [5.41, 5.74) is -0.377. The second-order valence-corrected chi connectivity index (χ2v) is 5.94. The normalized spacial score (nSPS) is 20.8. The largest absolute Gasteiger partial charge is 0.498 e. The quantitative estimate of drug-likeness (QED) is 0.804. The molecule has 0 amide bonds. The second kappa shape index (κ2) is 3.96. The third kappa shape index (κ3) is 1.81. The van der Waals surface area contributed by atoms with Gasteiger partial charge in [-0.2, -0.15) is 0 Å². The van der Waals surface area contributed by atoms with Crippen molar-refractivity contribution in [2.24, 2.45) is 0 Å². The Morgan fingerprint density at radius 2 is 1.75 bits per heavy atom. The highest BCUT2D eigenvalue weighted by Gasteiger charge is 2.52. The Balaban J connectivity index is 2.13. The lowest BCUT2D eigenvalue weighted by Crippen LogP contribution is -2.41. The molecule has 0 atom stereocenters. The number of H-pyrrole nitrogens is 1. The Hall–Kier alpha value is -1.60. The zero-order chi connectivity index (χ0) is 14.7. The van der Waals surface area contributed by atoms with Crippen molar-refractivity contribution >= 4 is 23.7 Å². The van der Waals surface area contributed by atoms with Crippen LogP contribution in [0.15, 0.2) is 21.3 Å². The molecule has 1 aliphatic rings. The van der Waals surface area contributed by atoms with Gasteiger partial charge in [-0.15, -0.1) is 0 Å². The number of fused-ring (bicyclic) bond motifs is 1. The van der Waals surface area contributed by atoms with Crippen molar-refractivity contribution < 1.29 is 18.1 Å². The first-order chi connectivity index (χ1) is 9.21. The molecule has 0 bridgehead atoms. The Morgan fingerprint density at radius 3 is 2.35 bits per heavy atom. The molecule has 1 aromatic heterocycles. The Labute approximate surface area is 115 Å². The molecule has 0 aliphatic carbocycles. The van der Waals surface area contributed by atoms with Crippen LogP contribution in [0.2, 0.25) is 0 Å². The molecule has 1 aliphatic heterocycles. The molecule has 1 fully saturated rings. The van der Waals surface area contributed by atoms with Crippen LogP contribution >= 0.6 is 0 Å². The summed E-state index contributed by atoms with van der Waals surface area (Å²) in [5, 5.41) is 0. The molecule has 1 aromatic carbocycles. The van der Waals surface area contributed by atoms with Crippen molar-refractivity contribution in [1.82, 2.24) is 4.98 Å². The van der Waals surface area contributed by atoms with Crippen molar-refractivity contribution in [1.29, 1.82) is 0 Å². The van der Waals surface area contributed by atoms with Gasteiger partial charge in [0.25, 0.3) is 0 Å². The van der Waals surface area contributed by atoms with Gasteiger partial charge in [-0.25, -0.2) is 9.18 Å². The zero-order valence-corrected chi connectivity index (χ0v) is 11.7. The summed E-state index contributed by atoms with van der Waals surface area (Å²) in [5.74, 6) is -1.26. The molecule has 0 unspecified atom stereocenters. The zero-order valence-electron chi connectivity index (χ0n) is 11.7. The van der Waals surface area contributed by atoms with E-state index in [0.29, 0.717) is 5.46 Å². The first kappa shape index (κ1) is 13.4. The Morgan fingerprint density at radius 1 is 1.15 bits per heavy atom. The average molecular weight is 279 g/mol. The molecule has 3 rings (SSSR count). The lowest BCUT2D eigenvalue weighted by atomic mass is 9.78. The first-order valence-electron chi connectivity index (χ1n) is 6.38. The van der Waals surface area contributed by atoms with Gasteiger partial charge < -0.3 is 13.7 Å². The minimum atomic E-state index is -0.706. The van der Waals surface area contributed by atoms with Crippen molar-refractivity contribution in [2.45, 2.75) is 38.9 Å². The fourth-order valence-electron chi connectivity index (χ4n) is 2.18. The van der Waals surface area contributed by atoms with Gasteiger partial charge in [0.2, 0.25) is 0 Å². The average Bonchev–Trinajstić information content (AvgIpc) is 2.78. The third-order valence-electron chi connectivity index (χ3n) is 4.07. The van der Waals surface area contributed by atoms with Gasteiger partial charge in [0.1, 0.15) is 5.52 Å². The van der Waals surface area contributed by atoms with Crippen molar-refractivity contribution in [2.75, 3.05) is 0 Å². The fourth-order valence-corrected chi connectivity index (χ4v) is 2.18. The lowest BCUT2D eigenvalue weighted by molar-refractivity contribution is 0.00578. The van der Waals surface area contributed by atoms with E-state index in [1.165, 1.54) is 12.1 Å². The standard InChI is InChI=1S/C13H15BFNO4/c1-12(2)13(3,4)20-14(19-12)7-5-6-8(15)9-10(7)18-11(17)16-9/h5-6H,1-4H3,(H,16,17). The smallest absolute Gasteiger partial charge is 0.408 e. The van der Waals surface area contributed by atoms with Crippen LogP contribution in [0, 0.1) is 5.82 Å². The molecule has 0 saturated carbocycles. The fraction of sp³-hybridized carbons (Fsp3) is 0.462. The number of aromatic nitrogens is 1. The predicted octanol–water partition coefficient (Wildman–Crippen LogP) is 1.56. The SMILES string of the molecule is CC1(C)OB(c2ccc(F)c3[nH]c(=O)oc23)OC1(C)C. The number of aromatic amines is 1. The summed E-state index contributed by atoms with van der Waals surface area (Å²) in [7, 11) is -0.706. The van der Waals surface area contributed by atoms with Crippen LogP contribution in [0.4, 0.5) is 4.39 Å². The van der Waals surface area contributed by atoms with Crippen LogP contribution in [-0.2, 0) is 9.31 Å². The van der Waals surface area contributed by atoms with E-state index >= 15 is 0 Å². The van der Waals surface area contributed by atoms with E-state index in [1.807, 2.05) is 27.7 Å². The van der Waals surface area contributed by atoms with Crippen LogP contribution in [0.5, 0.6) is 0 Å². The molecule has 7 heteroatoms. The molecule has 5 nitrogen and oxygen atoms in total.